The van der Waals surface area contributed by atoms with Gasteiger partial charge in [-0.15, -0.1) is 0 Å². The van der Waals surface area contributed by atoms with E-state index in [1.165, 1.54) is 0 Å². The zero-order valence-electron chi connectivity index (χ0n) is 10.5. The highest BCUT2D eigenvalue weighted by atomic mass is 79.9. The zero-order valence-corrected chi connectivity index (χ0v) is 12.9. The summed E-state index contributed by atoms with van der Waals surface area (Å²) < 4.78 is 0.957. The van der Waals surface area contributed by atoms with Gasteiger partial charge in [0.25, 0.3) is 5.91 Å². The molecule has 1 amide bonds. The molecule has 0 saturated heterocycles. The van der Waals surface area contributed by atoms with Gasteiger partial charge in [0, 0.05) is 29.0 Å². The highest BCUT2D eigenvalue weighted by molar-refractivity contribution is 9.10. The van der Waals surface area contributed by atoms with Crippen LogP contribution in [0.1, 0.15) is 24.2 Å². The first-order chi connectivity index (χ1) is 8.45. The smallest absolute Gasteiger partial charge is 0.253 e. The van der Waals surface area contributed by atoms with Crippen LogP contribution in [0.15, 0.2) is 28.7 Å². The van der Waals surface area contributed by atoms with Crippen LogP contribution in [0.25, 0.3) is 0 Å². The molecule has 0 aliphatic rings. The Bertz CT molecular complexity index is 433. The molecule has 1 aromatic rings. The van der Waals surface area contributed by atoms with Crippen LogP contribution in [-0.2, 0) is 0 Å². The van der Waals surface area contributed by atoms with Gasteiger partial charge in [0.2, 0.25) is 0 Å². The SMILES string of the molecule is CCN(CC(C)C(N)=S)C(=O)c1ccc(Br)cc1. The number of nitrogens with two attached hydrogens (primary N) is 1. The average Bonchev–Trinajstić information content (AvgIpc) is 2.35. The molecule has 2 N–H and O–H groups in total. The van der Waals surface area contributed by atoms with Crippen molar-refractivity contribution >= 4 is 39.0 Å². The molecule has 0 aromatic heterocycles. The predicted octanol–water partition coefficient (Wildman–Crippen LogP) is 2.83. The van der Waals surface area contributed by atoms with Gasteiger partial charge in [0.05, 0.1) is 4.99 Å². The minimum atomic E-state index is 0.00750. The van der Waals surface area contributed by atoms with E-state index in [1.54, 1.807) is 17.0 Å². The van der Waals surface area contributed by atoms with E-state index in [2.05, 4.69) is 15.9 Å². The van der Waals surface area contributed by atoms with Gasteiger partial charge < -0.3 is 10.6 Å². The molecule has 0 aliphatic heterocycles. The maximum atomic E-state index is 12.3. The molecule has 18 heavy (non-hydrogen) atoms. The van der Waals surface area contributed by atoms with E-state index in [-0.39, 0.29) is 11.8 Å². The van der Waals surface area contributed by atoms with Crippen LogP contribution < -0.4 is 5.73 Å². The lowest BCUT2D eigenvalue weighted by Crippen LogP contribution is -2.38. The normalized spacial score (nSPS) is 11.9. The highest BCUT2D eigenvalue weighted by Crippen LogP contribution is 2.13. The van der Waals surface area contributed by atoms with Crippen molar-refractivity contribution in [3.63, 3.8) is 0 Å². The zero-order chi connectivity index (χ0) is 13.7. The lowest BCUT2D eigenvalue weighted by molar-refractivity contribution is 0.0755. The van der Waals surface area contributed by atoms with Crippen molar-refractivity contribution in [3.8, 4) is 0 Å². The molecule has 5 heteroatoms. The van der Waals surface area contributed by atoms with E-state index >= 15 is 0 Å². The molecule has 0 bridgehead atoms. The summed E-state index contributed by atoms with van der Waals surface area (Å²) in [5.74, 6) is 0.0347. The van der Waals surface area contributed by atoms with E-state index in [0.29, 0.717) is 23.6 Å². The van der Waals surface area contributed by atoms with Crippen LogP contribution in [-0.4, -0.2) is 28.9 Å². The standard InChI is InChI=1S/C13H17BrN2OS/c1-3-16(8-9(2)12(15)18)13(17)10-4-6-11(14)7-5-10/h4-7,9H,3,8H2,1-2H3,(H2,15,18). The molecule has 1 unspecified atom stereocenters. The minimum Gasteiger partial charge on any atom is -0.393 e. The van der Waals surface area contributed by atoms with E-state index < -0.39 is 0 Å². The van der Waals surface area contributed by atoms with E-state index in [4.69, 9.17) is 18.0 Å². The molecule has 0 aliphatic carbocycles. The number of hydrogen-bond acceptors (Lipinski definition) is 2. The molecule has 1 rings (SSSR count). The average molecular weight is 329 g/mol. The van der Waals surface area contributed by atoms with Gasteiger partial charge in [-0.2, -0.15) is 0 Å². The van der Waals surface area contributed by atoms with Crippen LogP contribution in [0, 0.1) is 5.92 Å². The van der Waals surface area contributed by atoms with Crippen molar-refractivity contribution in [1.29, 1.82) is 0 Å². The van der Waals surface area contributed by atoms with Gasteiger partial charge in [-0.1, -0.05) is 35.1 Å². The largest absolute Gasteiger partial charge is 0.393 e. The van der Waals surface area contributed by atoms with Gasteiger partial charge >= 0.3 is 0 Å². The summed E-state index contributed by atoms with van der Waals surface area (Å²) >= 11 is 8.29. The number of amides is 1. The molecule has 0 heterocycles. The third-order valence-corrected chi connectivity index (χ3v) is 3.67. The van der Waals surface area contributed by atoms with Crippen molar-refractivity contribution < 1.29 is 4.79 Å². The number of carbonyl (C=O) groups is 1. The van der Waals surface area contributed by atoms with Gasteiger partial charge in [0.15, 0.2) is 0 Å². The molecular formula is C13H17BrN2OS. The summed E-state index contributed by atoms with van der Waals surface area (Å²) in [5.41, 5.74) is 6.26. The van der Waals surface area contributed by atoms with E-state index in [0.717, 1.165) is 4.47 Å². The molecule has 0 fully saturated rings. The van der Waals surface area contributed by atoms with Crippen LogP contribution >= 0.6 is 28.1 Å². The number of thiocarbonyl (C=S) groups is 1. The Morgan fingerprint density at radius 1 is 1.44 bits per heavy atom. The first-order valence-corrected chi connectivity index (χ1v) is 7.00. The highest BCUT2D eigenvalue weighted by Gasteiger charge is 2.17. The van der Waals surface area contributed by atoms with Crippen LogP contribution in [0.4, 0.5) is 0 Å². The van der Waals surface area contributed by atoms with E-state index in [1.807, 2.05) is 26.0 Å². The summed E-state index contributed by atoms with van der Waals surface area (Å²) in [7, 11) is 0. The predicted molar refractivity (Wildman–Crippen MR) is 81.7 cm³/mol. The van der Waals surface area contributed by atoms with Gasteiger partial charge in [-0.05, 0) is 31.2 Å². The van der Waals surface area contributed by atoms with Crippen molar-refractivity contribution in [1.82, 2.24) is 4.90 Å². The molecule has 0 spiro atoms. The quantitative estimate of drug-likeness (QED) is 0.845. The summed E-state index contributed by atoms with van der Waals surface area (Å²) in [5, 5.41) is 0. The van der Waals surface area contributed by atoms with Gasteiger partial charge in [-0.3, -0.25) is 4.79 Å². The third-order valence-electron chi connectivity index (χ3n) is 2.74. The fraction of sp³-hybridized carbons (Fsp3) is 0.385. The number of rotatable bonds is 5. The van der Waals surface area contributed by atoms with Crippen molar-refractivity contribution in [2.75, 3.05) is 13.1 Å². The Kier molecular flexibility index (Phi) is 5.75. The Balaban J connectivity index is 2.79. The second kappa shape index (κ2) is 6.85. The Labute approximate surface area is 121 Å². The first-order valence-electron chi connectivity index (χ1n) is 5.79. The minimum absolute atomic E-state index is 0.00750. The van der Waals surface area contributed by atoms with E-state index in [9.17, 15) is 4.79 Å². The molecule has 98 valence electrons. The number of hydrogen-bond donors (Lipinski definition) is 1. The Morgan fingerprint density at radius 3 is 2.44 bits per heavy atom. The third kappa shape index (κ3) is 4.07. The number of nitrogens with zero attached hydrogens (tertiary/aromatic N) is 1. The summed E-state index contributed by atoms with van der Waals surface area (Å²) in [4.78, 5) is 14.5. The molecule has 3 nitrogen and oxygen atoms in total. The molecule has 0 radical (unpaired) electrons. The second-order valence-electron chi connectivity index (χ2n) is 4.15. The van der Waals surface area contributed by atoms with Crippen LogP contribution in [0.5, 0.6) is 0 Å². The van der Waals surface area contributed by atoms with Crippen molar-refractivity contribution in [3.05, 3.63) is 34.3 Å². The first kappa shape index (κ1) is 15.1. The lowest BCUT2D eigenvalue weighted by Gasteiger charge is -2.24. The topological polar surface area (TPSA) is 46.3 Å². The van der Waals surface area contributed by atoms with Gasteiger partial charge in [0.1, 0.15) is 0 Å². The summed E-state index contributed by atoms with van der Waals surface area (Å²) in [6, 6.07) is 7.33. The summed E-state index contributed by atoms with van der Waals surface area (Å²) in [6.07, 6.45) is 0. The van der Waals surface area contributed by atoms with Crippen LogP contribution in [0.2, 0.25) is 0 Å². The van der Waals surface area contributed by atoms with Crippen LogP contribution in [0.3, 0.4) is 0 Å². The Hall–Kier alpha value is -0.940. The lowest BCUT2D eigenvalue weighted by atomic mass is 10.1. The number of carbonyl (C=O) groups excluding carboxylic acids is 1. The Morgan fingerprint density at radius 2 is 2.00 bits per heavy atom. The van der Waals surface area contributed by atoms with Crippen molar-refractivity contribution in [2.24, 2.45) is 11.7 Å². The van der Waals surface area contributed by atoms with Crippen molar-refractivity contribution in [2.45, 2.75) is 13.8 Å². The second-order valence-corrected chi connectivity index (χ2v) is 5.54. The molecule has 1 aromatic carbocycles. The fourth-order valence-corrected chi connectivity index (χ4v) is 1.89. The molecule has 0 saturated carbocycles. The summed E-state index contributed by atoms with van der Waals surface area (Å²) in [6.45, 7) is 5.07. The maximum Gasteiger partial charge on any atom is 0.253 e. The van der Waals surface area contributed by atoms with Gasteiger partial charge in [-0.25, -0.2) is 0 Å². The molecule has 1 atom stereocenters. The monoisotopic (exact) mass is 328 g/mol. The number of halogens is 1. The maximum absolute atomic E-state index is 12.3. The fourth-order valence-electron chi connectivity index (χ4n) is 1.55. The number of benzene rings is 1. The molecular weight excluding hydrogens is 312 g/mol.